The molecular formula is C10H19NO3S. The zero-order valence-electron chi connectivity index (χ0n) is 9.40. The minimum Gasteiger partial charge on any atom is -0.348 e. The first-order chi connectivity index (χ1) is 7.13. The van der Waals surface area contributed by atoms with E-state index in [-0.39, 0.29) is 5.79 Å². The summed E-state index contributed by atoms with van der Waals surface area (Å²) in [7, 11) is 1.06. The third kappa shape index (κ3) is 2.41. The van der Waals surface area contributed by atoms with E-state index in [1.165, 1.54) is 0 Å². The Morgan fingerprint density at radius 3 is 2.27 bits per heavy atom. The molecule has 0 aromatic heterocycles. The Morgan fingerprint density at radius 1 is 1.27 bits per heavy atom. The Balaban J connectivity index is 1.89. The van der Waals surface area contributed by atoms with Crippen molar-refractivity contribution < 1.29 is 13.7 Å². The van der Waals surface area contributed by atoms with Crippen LogP contribution in [0.1, 0.15) is 25.7 Å². The van der Waals surface area contributed by atoms with Gasteiger partial charge >= 0.3 is 0 Å². The van der Waals surface area contributed by atoms with Crippen LogP contribution in [-0.4, -0.2) is 46.9 Å². The van der Waals surface area contributed by atoms with E-state index in [9.17, 15) is 4.21 Å². The Kier molecular flexibility index (Phi) is 3.45. The molecule has 88 valence electrons. The van der Waals surface area contributed by atoms with Gasteiger partial charge < -0.3 is 9.47 Å². The fraction of sp³-hybridized carbons (Fsp3) is 1.00. The van der Waals surface area contributed by atoms with Crippen molar-refractivity contribution in [1.29, 1.82) is 0 Å². The molecule has 2 aliphatic rings. The summed E-state index contributed by atoms with van der Waals surface area (Å²) < 4.78 is 24.6. The van der Waals surface area contributed by atoms with E-state index in [0.29, 0.717) is 6.04 Å². The molecule has 2 rings (SSSR count). The van der Waals surface area contributed by atoms with Gasteiger partial charge in [0.1, 0.15) is 0 Å². The summed E-state index contributed by atoms with van der Waals surface area (Å²) in [5.41, 5.74) is 0. The van der Waals surface area contributed by atoms with E-state index in [1.807, 2.05) is 11.4 Å². The van der Waals surface area contributed by atoms with Crippen LogP contribution in [0.25, 0.3) is 0 Å². The van der Waals surface area contributed by atoms with Crippen molar-refractivity contribution in [3.63, 3.8) is 0 Å². The van der Waals surface area contributed by atoms with Gasteiger partial charge in [-0.1, -0.05) is 0 Å². The van der Waals surface area contributed by atoms with E-state index >= 15 is 0 Å². The molecule has 0 N–H and O–H groups in total. The largest absolute Gasteiger partial charge is 0.348 e. The number of rotatable bonds is 2. The predicted octanol–water partition coefficient (Wildman–Crippen LogP) is 0.897. The molecule has 1 atom stereocenters. The smallest absolute Gasteiger partial charge is 0.168 e. The zero-order chi connectivity index (χ0) is 10.9. The van der Waals surface area contributed by atoms with Gasteiger partial charge in [0.2, 0.25) is 0 Å². The second-order valence-corrected chi connectivity index (χ2v) is 5.73. The molecule has 1 spiro atoms. The average molecular weight is 233 g/mol. The molecule has 0 amide bonds. The summed E-state index contributed by atoms with van der Waals surface area (Å²) in [6, 6.07) is 0.411. The van der Waals surface area contributed by atoms with Crippen LogP contribution in [0.2, 0.25) is 0 Å². The van der Waals surface area contributed by atoms with E-state index < -0.39 is 11.0 Å². The Bertz CT molecular complexity index is 243. The molecule has 0 aromatic rings. The first-order valence-electron chi connectivity index (χ1n) is 5.47. The average Bonchev–Trinajstić information content (AvgIpc) is 2.67. The summed E-state index contributed by atoms with van der Waals surface area (Å²) in [6.45, 7) is 1.44. The van der Waals surface area contributed by atoms with Crippen LogP contribution in [0, 0.1) is 0 Å². The van der Waals surface area contributed by atoms with Gasteiger partial charge in [0.25, 0.3) is 0 Å². The normalized spacial score (nSPS) is 28.7. The molecule has 1 aliphatic heterocycles. The number of hydrogen-bond donors (Lipinski definition) is 0. The SMILES string of the molecule is CN(C1CCC2(CC1)OCCO2)S(C)=O. The molecule has 1 heterocycles. The highest BCUT2D eigenvalue weighted by Gasteiger charge is 2.41. The molecule has 15 heavy (non-hydrogen) atoms. The highest BCUT2D eigenvalue weighted by atomic mass is 32.2. The minimum absolute atomic E-state index is 0.299. The van der Waals surface area contributed by atoms with Crippen molar-refractivity contribution >= 4 is 11.0 Å². The molecule has 1 saturated carbocycles. The standard InChI is InChI=1S/C10H19NO3S/c1-11(15(2)12)9-3-5-10(6-4-9)13-7-8-14-10/h9H,3-8H2,1-2H3. The molecule has 1 saturated heterocycles. The topological polar surface area (TPSA) is 38.8 Å². The van der Waals surface area contributed by atoms with Crippen LogP contribution >= 0.6 is 0 Å². The van der Waals surface area contributed by atoms with Crippen LogP contribution in [0.5, 0.6) is 0 Å². The van der Waals surface area contributed by atoms with Crippen LogP contribution < -0.4 is 0 Å². The van der Waals surface area contributed by atoms with E-state index in [4.69, 9.17) is 9.47 Å². The van der Waals surface area contributed by atoms with Gasteiger partial charge in [0.15, 0.2) is 5.79 Å². The predicted molar refractivity (Wildman–Crippen MR) is 58.7 cm³/mol. The number of ether oxygens (including phenoxy) is 2. The number of hydrogen-bond acceptors (Lipinski definition) is 3. The van der Waals surface area contributed by atoms with Crippen molar-refractivity contribution in [2.24, 2.45) is 0 Å². The third-order valence-corrected chi connectivity index (χ3v) is 4.56. The van der Waals surface area contributed by atoms with Crippen LogP contribution in [0.4, 0.5) is 0 Å². The summed E-state index contributed by atoms with van der Waals surface area (Å²) >= 11 is 0. The van der Waals surface area contributed by atoms with Crippen LogP contribution in [0.15, 0.2) is 0 Å². The van der Waals surface area contributed by atoms with Gasteiger partial charge in [-0.05, 0) is 12.8 Å². The lowest BCUT2D eigenvalue weighted by atomic mass is 9.90. The van der Waals surface area contributed by atoms with E-state index in [1.54, 1.807) is 6.26 Å². The highest BCUT2D eigenvalue weighted by Crippen LogP contribution is 2.37. The maximum atomic E-state index is 11.3. The monoisotopic (exact) mass is 233 g/mol. The van der Waals surface area contributed by atoms with Gasteiger partial charge in [-0.15, -0.1) is 0 Å². The van der Waals surface area contributed by atoms with Crippen molar-refractivity contribution in [1.82, 2.24) is 4.31 Å². The van der Waals surface area contributed by atoms with Gasteiger partial charge in [0.05, 0.1) is 24.2 Å². The van der Waals surface area contributed by atoms with Crippen molar-refractivity contribution in [2.75, 3.05) is 26.5 Å². The quantitative estimate of drug-likeness (QED) is 0.711. The second kappa shape index (κ2) is 4.49. The lowest BCUT2D eigenvalue weighted by molar-refractivity contribution is -0.181. The Labute approximate surface area is 93.5 Å². The summed E-state index contributed by atoms with van der Waals surface area (Å²) in [6.07, 6.45) is 5.61. The van der Waals surface area contributed by atoms with Gasteiger partial charge in [-0.25, -0.2) is 8.51 Å². The lowest BCUT2D eigenvalue weighted by Crippen LogP contribution is -2.43. The summed E-state index contributed by atoms with van der Waals surface area (Å²) in [5.74, 6) is -0.299. The molecule has 0 bridgehead atoms. The Hall–Kier alpha value is 0.0300. The van der Waals surface area contributed by atoms with Crippen molar-refractivity contribution in [3.8, 4) is 0 Å². The molecule has 1 aliphatic carbocycles. The fourth-order valence-corrected chi connectivity index (χ4v) is 3.03. The van der Waals surface area contributed by atoms with Gasteiger partial charge in [-0.2, -0.15) is 0 Å². The highest BCUT2D eigenvalue weighted by molar-refractivity contribution is 7.81. The van der Waals surface area contributed by atoms with Crippen LogP contribution in [0.3, 0.4) is 0 Å². The van der Waals surface area contributed by atoms with E-state index in [0.717, 1.165) is 38.9 Å². The van der Waals surface area contributed by atoms with E-state index in [2.05, 4.69) is 0 Å². The molecule has 4 nitrogen and oxygen atoms in total. The van der Waals surface area contributed by atoms with Crippen molar-refractivity contribution in [2.45, 2.75) is 37.5 Å². The summed E-state index contributed by atoms with van der Waals surface area (Å²) in [4.78, 5) is 0. The molecule has 2 fully saturated rings. The minimum atomic E-state index is -0.869. The number of nitrogens with zero attached hydrogens (tertiary/aromatic N) is 1. The second-order valence-electron chi connectivity index (χ2n) is 4.31. The molecular weight excluding hydrogens is 214 g/mol. The lowest BCUT2D eigenvalue weighted by Gasteiger charge is -2.38. The molecule has 5 heteroatoms. The third-order valence-electron chi connectivity index (χ3n) is 3.45. The maximum Gasteiger partial charge on any atom is 0.168 e. The van der Waals surface area contributed by atoms with Gasteiger partial charge in [0, 0.05) is 32.2 Å². The van der Waals surface area contributed by atoms with Crippen molar-refractivity contribution in [3.05, 3.63) is 0 Å². The van der Waals surface area contributed by atoms with Crippen LogP contribution in [-0.2, 0) is 20.5 Å². The maximum absolute atomic E-state index is 11.3. The molecule has 0 aromatic carbocycles. The molecule has 1 unspecified atom stereocenters. The fourth-order valence-electron chi connectivity index (χ4n) is 2.40. The summed E-state index contributed by atoms with van der Waals surface area (Å²) in [5, 5.41) is 0. The first kappa shape index (κ1) is 11.5. The van der Waals surface area contributed by atoms with Gasteiger partial charge in [-0.3, -0.25) is 0 Å². The molecule has 0 radical (unpaired) electrons. The zero-order valence-corrected chi connectivity index (χ0v) is 10.2. The first-order valence-corrected chi connectivity index (χ1v) is 6.99. The Morgan fingerprint density at radius 2 is 1.80 bits per heavy atom.